The minimum Gasteiger partial charge on any atom is -0.354 e. The van der Waals surface area contributed by atoms with Crippen molar-refractivity contribution in [2.75, 3.05) is 11.9 Å². The Morgan fingerprint density at radius 2 is 2.14 bits per heavy atom. The summed E-state index contributed by atoms with van der Waals surface area (Å²) in [6.07, 6.45) is 5.36. The lowest BCUT2D eigenvalue weighted by Crippen LogP contribution is -2.05. The molecule has 0 amide bonds. The van der Waals surface area contributed by atoms with Gasteiger partial charge in [-0.2, -0.15) is 0 Å². The van der Waals surface area contributed by atoms with E-state index in [9.17, 15) is 0 Å². The standard InChI is InChI=1S/C11H19N3/c1-4-6-7-10-9(3)8-13-11(14-10)12-5-2/h8H,4-7H2,1-3H3,(H,12,13,14). The van der Waals surface area contributed by atoms with E-state index in [1.165, 1.54) is 24.1 Å². The number of aryl methyl sites for hydroxylation is 2. The second-order valence-corrected chi connectivity index (χ2v) is 3.46. The Morgan fingerprint density at radius 1 is 1.36 bits per heavy atom. The molecule has 1 rings (SSSR count). The second kappa shape index (κ2) is 5.58. The van der Waals surface area contributed by atoms with Gasteiger partial charge in [-0.1, -0.05) is 13.3 Å². The van der Waals surface area contributed by atoms with Crippen molar-refractivity contribution in [1.82, 2.24) is 9.97 Å². The first-order chi connectivity index (χ1) is 6.77. The lowest BCUT2D eigenvalue weighted by Gasteiger charge is -2.06. The zero-order valence-electron chi connectivity index (χ0n) is 9.30. The Kier molecular flexibility index (Phi) is 4.36. The van der Waals surface area contributed by atoms with Gasteiger partial charge in [0.15, 0.2) is 0 Å². The van der Waals surface area contributed by atoms with Crippen molar-refractivity contribution >= 4 is 5.95 Å². The van der Waals surface area contributed by atoms with E-state index in [0.29, 0.717) is 0 Å². The first kappa shape index (κ1) is 11.0. The van der Waals surface area contributed by atoms with Crippen LogP contribution in [0.2, 0.25) is 0 Å². The van der Waals surface area contributed by atoms with Gasteiger partial charge in [-0.15, -0.1) is 0 Å². The van der Waals surface area contributed by atoms with Gasteiger partial charge >= 0.3 is 0 Å². The molecule has 0 aliphatic rings. The SMILES string of the molecule is CCCCc1nc(NCC)ncc1C. The third kappa shape index (κ3) is 2.98. The molecule has 0 radical (unpaired) electrons. The molecule has 0 saturated heterocycles. The zero-order chi connectivity index (χ0) is 10.4. The van der Waals surface area contributed by atoms with Crippen LogP contribution < -0.4 is 5.32 Å². The van der Waals surface area contributed by atoms with Crippen LogP contribution in [0.4, 0.5) is 5.95 Å². The quantitative estimate of drug-likeness (QED) is 0.781. The maximum Gasteiger partial charge on any atom is 0.222 e. The molecule has 3 nitrogen and oxygen atoms in total. The highest BCUT2D eigenvalue weighted by Crippen LogP contribution is 2.09. The molecular formula is C11H19N3. The fourth-order valence-corrected chi connectivity index (χ4v) is 1.32. The molecule has 1 heterocycles. The van der Waals surface area contributed by atoms with E-state index in [1.54, 1.807) is 0 Å². The molecule has 0 spiro atoms. The fourth-order valence-electron chi connectivity index (χ4n) is 1.32. The Balaban J connectivity index is 2.74. The first-order valence-corrected chi connectivity index (χ1v) is 5.34. The van der Waals surface area contributed by atoms with Crippen LogP contribution in [-0.2, 0) is 6.42 Å². The fraction of sp³-hybridized carbons (Fsp3) is 0.636. The molecule has 1 aromatic rings. The summed E-state index contributed by atoms with van der Waals surface area (Å²) in [6.45, 7) is 7.19. The molecular weight excluding hydrogens is 174 g/mol. The molecule has 0 saturated carbocycles. The average molecular weight is 193 g/mol. The van der Waals surface area contributed by atoms with Crippen molar-refractivity contribution in [3.05, 3.63) is 17.5 Å². The van der Waals surface area contributed by atoms with Gasteiger partial charge in [0.25, 0.3) is 0 Å². The molecule has 78 valence electrons. The summed E-state index contributed by atoms with van der Waals surface area (Å²) in [5.41, 5.74) is 2.37. The molecule has 0 unspecified atom stereocenters. The van der Waals surface area contributed by atoms with Crippen LogP contribution >= 0.6 is 0 Å². The van der Waals surface area contributed by atoms with Crippen LogP contribution in [0.25, 0.3) is 0 Å². The van der Waals surface area contributed by atoms with Gasteiger partial charge in [-0.05, 0) is 32.3 Å². The maximum atomic E-state index is 4.48. The summed E-state index contributed by atoms with van der Waals surface area (Å²) < 4.78 is 0. The van der Waals surface area contributed by atoms with Crippen molar-refractivity contribution in [3.63, 3.8) is 0 Å². The Labute approximate surface area is 86.0 Å². The zero-order valence-corrected chi connectivity index (χ0v) is 9.30. The molecule has 1 aromatic heterocycles. The molecule has 1 N–H and O–H groups in total. The monoisotopic (exact) mass is 193 g/mol. The number of hydrogen-bond acceptors (Lipinski definition) is 3. The lowest BCUT2D eigenvalue weighted by molar-refractivity contribution is 0.768. The van der Waals surface area contributed by atoms with Gasteiger partial charge in [-0.3, -0.25) is 0 Å². The van der Waals surface area contributed by atoms with Crippen molar-refractivity contribution in [1.29, 1.82) is 0 Å². The number of anilines is 1. The van der Waals surface area contributed by atoms with Gasteiger partial charge in [0.05, 0.1) is 0 Å². The van der Waals surface area contributed by atoms with E-state index in [4.69, 9.17) is 0 Å². The number of aromatic nitrogens is 2. The molecule has 3 heteroatoms. The van der Waals surface area contributed by atoms with E-state index in [0.717, 1.165) is 18.9 Å². The largest absolute Gasteiger partial charge is 0.354 e. The summed E-state index contributed by atoms with van der Waals surface area (Å²) in [7, 11) is 0. The summed E-state index contributed by atoms with van der Waals surface area (Å²) in [5, 5.41) is 3.13. The summed E-state index contributed by atoms with van der Waals surface area (Å²) in [5.74, 6) is 0.754. The smallest absolute Gasteiger partial charge is 0.222 e. The van der Waals surface area contributed by atoms with E-state index in [2.05, 4.69) is 36.1 Å². The van der Waals surface area contributed by atoms with Gasteiger partial charge in [-0.25, -0.2) is 9.97 Å². The van der Waals surface area contributed by atoms with Crippen molar-refractivity contribution in [3.8, 4) is 0 Å². The van der Waals surface area contributed by atoms with E-state index in [-0.39, 0.29) is 0 Å². The van der Waals surface area contributed by atoms with Crippen molar-refractivity contribution in [2.24, 2.45) is 0 Å². The normalized spacial score (nSPS) is 10.2. The second-order valence-electron chi connectivity index (χ2n) is 3.46. The van der Waals surface area contributed by atoms with Gasteiger partial charge < -0.3 is 5.32 Å². The Hall–Kier alpha value is -1.12. The number of hydrogen-bond donors (Lipinski definition) is 1. The number of nitrogens with one attached hydrogen (secondary N) is 1. The summed E-state index contributed by atoms with van der Waals surface area (Å²) in [4.78, 5) is 8.69. The van der Waals surface area contributed by atoms with E-state index < -0.39 is 0 Å². The molecule has 14 heavy (non-hydrogen) atoms. The minimum absolute atomic E-state index is 0.754. The number of nitrogens with zero attached hydrogens (tertiary/aromatic N) is 2. The van der Waals surface area contributed by atoms with Crippen LogP contribution in [0.5, 0.6) is 0 Å². The maximum absolute atomic E-state index is 4.48. The highest BCUT2D eigenvalue weighted by atomic mass is 15.1. The van der Waals surface area contributed by atoms with E-state index in [1.807, 2.05) is 6.20 Å². The lowest BCUT2D eigenvalue weighted by atomic mass is 10.1. The number of rotatable bonds is 5. The molecule has 0 atom stereocenters. The molecule has 0 fully saturated rings. The topological polar surface area (TPSA) is 37.8 Å². The summed E-state index contributed by atoms with van der Waals surface area (Å²) in [6, 6.07) is 0. The first-order valence-electron chi connectivity index (χ1n) is 5.34. The molecule has 0 bridgehead atoms. The van der Waals surface area contributed by atoms with Gasteiger partial charge in [0.1, 0.15) is 0 Å². The molecule has 0 aliphatic carbocycles. The van der Waals surface area contributed by atoms with Crippen molar-refractivity contribution in [2.45, 2.75) is 40.0 Å². The van der Waals surface area contributed by atoms with E-state index >= 15 is 0 Å². The molecule has 0 aliphatic heterocycles. The number of unbranched alkanes of at least 4 members (excludes halogenated alkanes) is 1. The minimum atomic E-state index is 0.754. The van der Waals surface area contributed by atoms with Crippen LogP contribution in [-0.4, -0.2) is 16.5 Å². The van der Waals surface area contributed by atoms with Crippen LogP contribution in [0.15, 0.2) is 6.20 Å². The van der Waals surface area contributed by atoms with Gasteiger partial charge in [0.2, 0.25) is 5.95 Å². The third-order valence-electron chi connectivity index (χ3n) is 2.18. The Morgan fingerprint density at radius 3 is 2.79 bits per heavy atom. The highest BCUT2D eigenvalue weighted by Gasteiger charge is 2.02. The highest BCUT2D eigenvalue weighted by molar-refractivity contribution is 5.28. The average Bonchev–Trinajstić information content (AvgIpc) is 2.19. The van der Waals surface area contributed by atoms with Crippen LogP contribution in [0, 0.1) is 6.92 Å². The van der Waals surface area contributed by atoms with Gasteiger partial charge in [0, 0.05) is 18.4 Å². The van der Waals surface area contributed by atoms with Crippen molar-refractivity contribution < 1.29 is 0 Å². The predicted molar refractivity (Wildman–Crippen MR) is 59.5 cm³/mol. The van der Waals surface area contributed by atoms with Crippen LogP contribution in [0.1, 0.15) is 37.9 Å². The Bertz CT molecular complexity index is 284. The van der Waals surface area contributed by atoms with Crippen LogP contribution in [0.3, 0.4) is 0 Å². The predicted octanol–water partition coefficient (Wildman–Crippen LogP) is 2.56. The summed E-state index contributed by atoms with van der Waals surface area (Å²) >= 11 is 0. The molecule has 0 aromatic carbocycles. The third-order valence-corrected chi connectivity index (χ3v) is 2.18.